The van der Waals surface area contributed by atoms with Crippen LogP contribution in [0.4, 0.5) is 11.5 Å². The van der Waals surface area contributed by atoms with Crippen molar-refractivity contribution in [3.63, 3.8) is 0 Å². The molecule has 3 rings (SSSR count). The Morgan fingerprint density at radius 3 is 2.64 bits per heavy atom. The first kappa shape index (κ1) is 16.8. The van der Waals surface area contributed by atoms with Crippen LogP contribution in [0.2, 0.25) is 5.02 Å². The minimum absolute atomic E-state index is 0.0287. The van der Waals surface area contributed by atoms with Gasteiger partial charge < -0.3 is 5.73 Å². The lowest BCUT2D eigenvalue weighted by atomic mass is 10.2. The van der Waals surface area contributed by atoms with Gasteiger partial charge in [-0.3, -0.25) is 4.72 Å². The first-order chi connectivity index (χ1) is 11.9. The van der Waals surface area contributed by atoms with Gasteiger partial charge in [0.05, 0.1) is 22.5 Å². The highest BCUT2D eigenvalue weighted by Gasteiger charge is 2.18. The van der Waals surface area contributed by atoms with Crippen LogP contribution >= 0.6 is 11.6 Å². The van der Waals surface area contributed by atoms with Gasteiger partial charge in [-0.25, -0.2) is 13.1 Å². The quantitative estimate of drug-likeness (QED) is 0.729. The Labute approximate surface area is 149 Å². The molecule has 0 fully saturated rings. The van der Waals surface area contributed by atoms with Crippen LogP contribution < -0.4 is 10.5 Å². The summed E-state index contributed by atoms with van der Waals surface area (Å²) in [5, 5.41) is 13.4. The molecule has 0 radical (unpaired) electrons. The van der Waals surface area contributed by atoms with E-state index in [0.717, 1.165) is 0 Å². The number of anilines is 2. The number of hydrogen-bond donors (Lipinski definition) is 2. The highest BCUT2D eigenvalue weighted by atomic mass is 35.5. The summed E-state index contributed by atoms with van der Waals surface area (Å²) in [5.41, 5.74) is 6.76. The molecule has 1 aromatic heterocycles. The third-order valence-corrected chi connectivity index (χ3v) is 5.01. The highest BCUT2D eigenvalue weighted by Crippen LogP contribution is 2.26. The maximum atomic E-state index is 12.6. The van der Waals surface area contributed by atoms with E-state index >= 15 is 0 Å². The summed E-state index contributed by atoms with van der Waals surface area (Å²) in [6.45, 7) is 0. The fraction of sp³-hybridized carbons (Fsp3) is 0. The van der Waals surface area contributed by atoms with Crippen molar-refractivity contribution < 1.29 is 8.42 Å². The van der Waals surface area contributed by atoms with Crippen LogP contribution in [0.5, 0.6) is 0 Å². The maximum Gasteiger partial charge on any atom is 0.262 e. The van der Waals surface area contributed by atoms with Crippen molar-refractivity contribution in [2.24, 2.45) is 0 Å². The van der Waals surface area contributed by atoms with E-state index in [4.69, 9.17) is 22.6 Å². The summed E-state index contributed by atoms with van der Waals surface area (Å²) in [6, 6.07) is 14.4. The molecule has 0 aliphatic heterocycles. The molecule has 0 amide bonds. The molecule has 0 aliphatic carbocycles. The van der Waals surface area contributed by atoms with E-state index in [1.54, 1.807) is 36.4 Å². The second kappa shape index (κ2) is 6.47. The average molecular weight is 374 g/mol. The lowest BCUT2D eigenvalue weighted by Crippen LogP contribution is -2.15. The van der Waals surface area contributed by atoms with Crippen LogP contribution in [0, 0.1) is 11.3 Å². The smallest absolute Gasteiger partial charge is 0.262 e. The highest BCUT2D eigenvalue weighted by molar-refractivity contribution is 7.92. The normalized spacial score (nSPS) is 11.0. The minimum Gasteiger partial charge on any atom is -0.382 e. The molecule has 0 atom stereocenters. The Morgan fingerprint density at radius 1 is 1.20 bits per heavy atom. The minimum atomic E-state index is -3.86. The van der Waals surface area contributed by atoms with Crippen LogP contribution in [0.3, 0.4) is 0 Å². The zero-order valence-electron chi connectivity index (χ0n) is 12.7. The molecule has 25 heavy (non-hydrogen) atoms. The standard InChI is InChI=1S/C16H12ClN5O2S/c17-12-4-3-5-13(8-12)25(23,24)21-14-6-1-2-7-15(14)22-16(19)11(9-18)10-20-22/h1-8,10,21H,19H2. The van der Waals surface area contributed by atoms with E-state index in [-0.39, 0.29) is 22.0 Å². The number of para-hydroxylation sites is 2. The number of nitriles is 1. The Bertz CT molecular complexity index is 1090. The maximum absolute atomic E-state index is 12.6. The van der Waals surface area contributed by atoms with Crippen molar-refractivity contribution in [3.05, 3.63) is 65.3 Å². The predicted octanol–water partition coefficient (Wildman–Crippen LogP) is 2.78. The largest absolute Gasteiger partial charge is 0.382 e. The van der Waals surface area contributed by atoms with Gasteiger partial charge in [0.2, 0.25) is 0 Å². The number of nitrogen functional groups attached to an aromatic ring is 1. The van der Waals surface area contributed by atoms with Gasteiger partial charge in [0.15, 0.2) is 0 Å². The lowest BCUT2D eigenvalue weighted by Gasteiger charge is -2.13. The fourth-order valence-electron chi connectivity index (χ4n) is 2.22. The third-order valence-electron chi connectivity index (χ3n) is 3.41. The molecule has 0 saturated heterocycles. The van der Waals surface area contributed by atoms with Gasteiger partial charge in [0.25, 0.3) is 10.0 Å². The number of nitrogens with two attached hydrogens (primary N) is 1. The molecule has 2 aromatic carbocycles. The van der Waals surface area contributed by atoms with Gasteiger partial charge in [-0.15, -0.1) is 0 Å². The summed E-state index contributed by atoms with van der Waals surface area (Å²) in [7, 11) is -3.86. The van der Waals surface area contributed by atoms with Gasteiger partial charge in [0.1, 0.15) is 17.5 Å². The molecule has 0 unspecified atom stereocenters. The molecule has 3 aromatic rings. The number of sulfonamides is 1. The van der Waals surface area contributed by atoms with Crippen molar-refractivity contribution in [3.8, 4) is 11.8 Å². The molecule has 0 saturated carbocycles. The number of halogens is 1. The number of rotatable bonds is 4. The van der Waals surface area contributed by atoms with E-state index in [0.29, 0.717) is 10.7 Å². The molecule has 126 valence electrons. The SMILES string of the molecule is N#Cc1cnn(-c2ccccc2NS(=O)(=O)c2cccc(Cl)c2)c1N. The predicted molar refractivity (Wildman–Crippen MR) is 95.0 cm³/mol. The number of hydrogen-bond acceptors (Lipinski definition) is 5. The van der Waals surface area contributed by atoms with Crippen molar-refractivity contribution in [2.75, 3.05) is 10.5 Å². The van der Waals surface area contributed by atoms with Crippen LogP contribution in [-0.2, 0) is 10.0 Å². The van der Waals surface area contributed by atoms with Gasteiger partial charge in [-0.1, -0.05) is 29.8 Å². The van der Waals surface area contributed by atoms with E-state index in [1.807, 2.05) is 6.07 Å². The Balaban J connectivity index is 2.05. The summed E-state index contributed by atoms with van der Waals surface area (Å²) in [4.78, 5) is 0.0287. The Kier molecular flexibility index (Phi) is 4.35. The Hall–Kier alpha value is -3.02. The molecule has 0 spiro atoms. The molecule has 3 N–H and O–H groups in total. The summed E-state index contributed by atoms with van der Waals surface area (Å²) in [5.74, 6) is 0.122. The first-order valence-electron chi connectivity index (χ1n) is 7.04. The fourth-order valence-corrected chi connectivity index (χ4v) is 3.59. The lowest BCUT2D eigenvalue weighted by molar-refractivity contribution is 0.601. The molecule has 1 heterocycles. The summed E-state index contributed by atoms with van der Waals surface area (Å²) >= 11 is 5.87. The van der Waals surface area contributed by atoms with Crippen molar-refractivity contribution in [2.45, 2.75) is 4.90 Å². The van der Waals surface area contributed by atoms with Crippen LogP contribution in [0.25, 0.3) is 5.69 Å². The van der Waals surface area contributed by atoms with Crippen LogP contribution in [0.15, 0.2) is 59.6 Å². The van der Waals surface area contributed by atoms with Gasteiger partial charge in [-0.05, 0) is 30.3 Å². The summed E-state index contributed by atoms with van der Waals surface area (Å²) in [6.07, 6.45) is 1.32. The van der Waals surface area contributed by atoms with E-state index in [2.05, 4.69) is 9.82 Å². The third kappa shape index (κ3) is 3.28. The molecule has 9 heteroatoms. The second-order valence-corrected chi connectivity index (χ2v) is 7.17. The monoisotopic (exact) mass is 373 g/mol. The van der Waals surface area contributed by atoms with Gasteiger partial charge in [0, 0.05) is 5.02 Å². The number of aromatic nitrogens is 2. The van der Waals surface area contributed by atoms with E-state index in [1.165, 1.54) is 23.0 Å². The van der Waals surface area contributed by atoms with Crippen molar-refractivity contribution >= 4 is 33.1 Å². The molecule has 0 aliphatic rings. The van der Waals surface area contributed by atoms with Gasteiger partial charge >= 0.3 is 0 Å². The Morgan fingerprint density at radius 2 is 1.96 bits per heavy atom. The zero-order valence-corrected chi connectivity index (χ0v) is 14.3. The zero-order chi connectivity index (χ0) is 18.0. The number of nitrogens with zero attached hydrogens (tertiary/aromatic N) is 3. The average Bonchev–Trinajstić information content (AvgIpc) is 2.95. The van der Waals surface area contributed by atoms with Crippen molar-refractivity contribution in [1.29, 1.82) is 5.26 Å². The molecular formula is C16H12ClN5O2S. The second-order valence-electron chi connectivity index (χ2n) is 5.05. The molecular weight excluding hydrogens is 362 g/mol. The van der Waals surface area contributed by atoms with E-state index in [9.17, 15) is 8.42 Å². The number of benzene rings is 2. The van der Waals surface area contributed by atoms with Gasteiger partial charge in [-0.2, -0.15) is 10.4 Å². The molecule has 0 bridgehead atoms. The van der Waals surface area contributed by atoms with Crippen LogP contribution in [-0.4, -0.2) is 18.2 Å². The first-order valence-corrected chi connectivity index (χ1v) is 8.90. The molecule has 7 nitrogen and oxygen atoms in total. The van der Waals surface area contributed by atoms with Crippen molar-refractivity contribution in [1.82, 2.24) is 9.78 Å². The summed E-state index contributed by atoms with van der Waals surface area (Å²) < 4.78 is 29.0. The number of nitrogens with one attached hydrogen (secondary N) is 1. The van der Waals surface area contributed by atoms with Crippen LogP contribution in [0.1, 0.15) is 5.56 Å². The van der Waals surface area contributed by atoms with E-state index < -0.39 is 10.0 Å². The topological polar surface area (TPSA) is 114 Å².